The summed E-state index contributed by atoms with van der Waals surface area (Å²) in [6.07, 6.45) is 2.69. The van der Waals surface area contributed by atoms with E-state index in [1.54, 1.807) is 0 Å². The van der Waals surface area contributed by atoms with Crippen LogP contribution in [-0.2, 0) is 0 Å². The molecule has 0 heterocycles. The topological polar surface area (TPSA) is 12.4 Å². The number of nitrogens with zero attached hydrogens (tertiary/aromatic N) is 1. The van der Waals surface area contributed by atoms with E-state index in [0.717, 1.165) is 0 Å². The highest BCUT2D eigenvalue weighted by atomic mass is 14.7. The van der Waals surface area contributed by atoms with Crippen molar-refractivity contribution >= 4 is 5.71 Å². The van der Waals surface area contributed by atoms with Crippen LogP contribution in [0.3, 0.4) is 0 Å². The van der Waals surface area contributed by atoms with Crippen LogP contribution in [0.4, 0.5) is 0 Å². The molecule has 0 aromatic rings. The van der Waals surface area contributed by atoms with E-state index in [2.05, 4.69) is 18.8 Å². The van der Waals surface area contributed by atoms with E-state index in [4.69, 9.17) is 0 Å². The molecular weight excluding hydrogens is 98.1 g/mol. The van der Waals surface area contributed by atoms with E-state index in [1.807, 2.05) is 7.05 Å². The quantitative estimate of drug-likeness (QED) is 0.458. The summed E-state index contributed by atoms with van der Waals surface area (Å²) < 4.78 is 0. The summed E-state index contributed by atoms with van der Waals surface area (Å²) >= 11 is 0. The van der Waals surface area contributed by atoms with Gasteiger partial charge in [-0.2, -0.15) is 0 Å². The zero-order valence-corrected chi connectivity index (χ0v) is 5.86. The SMILES string of the molecule is CN=C(C)C1(C)CC1. The zero-order valence-electron chi connectivity index (χ0n) is 5.86. The monoisotopic (exact) mass is 111 g/mol. The van der Waals surface area contributed by atoms with Crippen molar-refractivity contribution in [2.75, 3.05) is 7.05 Å². The molecule has 0 saturated heterocycles. The molecule has 1 aliphatic rings. The molecule has 0 amide bonds. The third kappa shape index (κ3) is 0.770. The maximum Gasteiger partial charge on any atom is 0.0276 e. The second-order valence-corrected chi connectivity index (χ2v) is 2.87. The minimum atomic E-state index is 0.509. The summed E-state index contributed by atoms with van der Waals surface area (Å²) in [4.78, 5) is 4.14. The van der Waals surface area contributed by atoms with Crippen molar-refractivity contribution in [3.8, 4) is 0 Å². The summed E-state index contributed by atoms with van der Waals surface area (Å²) in [7, 11) is 1.87. The van der Waals surface area contributed by atoms with Gasteiger partial charge in [-0.1, -0.05) is 6.92 Å². The van der Waals surface area contributed by atoms with Crippen molar-refractivity contribution in [2.45, 2.75) is 26.7 Å². The Bertz CT molecular complexity index is 120. The van der Waals surface area contributed by atoms with E-state index in [9.17, 15) is 0 Å². The van der Waals surface area contributed by atoms with Crippen LogP contribution >= 0.6 is 0 Å². The predicted octanol–water partition coefficient (Wildman–Crippen LogP) is 1.88. The molecule has 1 saturated carbocycles. The Kier molecular flexibility index (Phi) is 1.14. The lowest BCUT2D eigenvalue weighted by Gasteiger charge is -2.03. The van der Waals surface area contributed by atoms with Gasteiger partial charge in [-0.25, -0.2) is 0 Å². The van der Waals surface area contributed by atoms with Crippen molar-refractivity contribution in [1.29, 1.82) is 0 Å². The van der Waals surface area contributed by atoms with Gasteiger partial charge in [0.25, 0.3) is 0 Å². The largest absolute Gasteiger partial charge is 0.297 e. The van der Waals surface area contributed by atoms with Gasteiger partial charge in [0.2, 0.25) is 0 Å². The van der Waals surface area contributed by atoms with Crippen molar-refractivity contribution in [3.63, 3.8) is 0 Å². The maximum atomic E-state index is 4.14. The van der Waals surface area contributed by atoms with Crippen LogP contribution in [0.15, 0.2) is 4.99 Å². The second-order valence-electron chi connectivity index (χ2n) is 2.87. The molecule has 1 aliphatic carbocycles. The lowest BCUT2D eigenvalue weighted by atomic mass is 10.1. The van der Waals surface area contributed by atoms with Gasteiger partial charge < -0.3 is 0 Å². The molecule has 1 nitrogen and oxygen atoms in total. The number of hydrogen-bond acceptors (Lipinski definition) is 1. The van der Waals surface area contributed by atoms with Crippen LogP contribution in [0, 0.1) is 5.41 Å². The van der Waals surface area contributed by atoms with Gasteiger partial charge in [0.05, 0.1) is 0 Å². The Hall–Kier alpha value is -0.330. The Balaban J connectivity index is 2.59. The van der Waals surface area contributed by atoms with E-state index in [0.29, 0.717) is 5.41 Å². The van der Waals surface area contributed by atoms with E-state index in [-0.39, 0.29) is 0 Å². The minimum Gasteiger partial charge on any atom is -0.297 e. The van der Waals surface area contributed by atoms with Gasteiger partial charge in [0, 0.05) is 18.2 Å². The molecule has 0 N–H and O–H groups in total. The molecule has 0 atom stereocenters. The van der Waals surface area contributed by atoms with Gasteiger partial charge in [0.1, 0.15) is 0 Å². The van der Waals surface area contributed by atoms with Gasteiger partial charge >= 0.3 is 0 Å². The molecular formula is C7H13N. The fourth-order valence-corrected chi connectivity index (χ4v) is 0.819. The Labute approximate surface area is 50.8 Å². The van der Waals surface area contributed by atoms with Crippen molar-refractivity contribution in [3.05, 3.63) is 0 Å². The fourth-order valence-electron chi connectivity index (χ4n) is 0.819. The predicted molar refractivity (Wildman–Crippen MR) is 36.4 cm³/mol. The lowest BCUT2D eigenvalue weighted by molar-refractivity contribution is 0.796. The summed E-state index contributed by atoms with van der Waals surface area (Å²) in [5.74, 6) is 0. The first-order valence-corrected chi connectivity index (χ1v) is 3.13. The minimum absolute atomic E-state index is 0.509. The molecule has 8 heavy (non-hydrogen) atoms. The van der Waals surface area contributed by atoms with Gasteiger partial charge in [-0.15, -0.1) is 0 Å². The fraction of sp³-hybridized carbons (Fsp3) is 0.857. The average molecular weight is 111 g/mol. The average Bonchev–Trinajstić information content (AvgIpc) is 2.47. The van der Waals surface area contributed by atoms with Crippen LogP contribution in [-0.4, -0.2) is 12.8 Å². The zero-order chi connectivity index (χ0) is 6.20. The number of aliphatic imine (C=N–C) groups is 1. The first-order chi connectivity index (χ1) is 3.69. The molecule has 0 aromatic heterocycles. The first kappa shape index (κ1) is 5.80. The van der Waals surface area contributed by atoms with E-state index >= 15 is 0 Å². The molecule has 0 radical (unpaired) electrons. The third-order valence-electron chi connectivity index (χ3n) is 2.21. The summed E-state index contributed by atoms with van der Waals surface area (Å²) in [6.45, 7) is 4.39. The van der Waals surface area contributed by atoms with Crippen LogP contribution in [0.5, 0.6) is 0 Å². The summed E-state index contributed by atoms with van der Waals surface area (Å²) in [5, 5.41) is 0. The van der Waals surface area contributed by atoms with Crippen molar-refractivity contribution in [1.82, 2.24) is 0 Å². The Morgan fingerprint density at radius 3 is 2.12 bits per heavy atom. The van der Waals surface area contributed by atoms with Crippen molar-refractivity contribution < 1.29 is 0 Å². The van der Waals surface area contributed by atoms with Crippen LogP contribution < -0.4 is 0 Å². The van der Waals surface area contributed by atoms with Crippen LogP contribution in [0.25, 0.3) is 0 Å². The Morgan fingerprint density at radius 1 is 1.50 bits per heavy atom. The Morgan fingerprint density at radius 2 is 2.00 bits per heavy atom. The van der Waals surface area contributed by atoms with Gasteiger partial charge in [-0.3, -0.25) is 4.99 Å². The maximum absolute atomic E-state index is 4.14. The molecule has 0 aliphatic heterocycles. The van der Waals surface area contributed by atoms with Crippen molar-refractivity contribution in [2.24, 2.45) is 10.4 Å². The van der Waals surface area contributed by atoms with E-state index in [1.165, 1.54) is 18.6 Å². The molecule has 1 heteroatoms. The smallest absolute Gasteiger partial charge is 0.0276 e. The highest BCUT2D eigenvalue weighted by molar-refractivity contribution is 5.89. The van der Waals surface area contributed by atoms with Crippen LogP contribution in [0.1, 0.15) is 26.7 Å². The molecule has 1 fully saturated rings. The highest BCUT2D eigenvalue weighted by Gasteiger charge is 2.39. The number of rotatable bonds is 1. The molecule has 0 bridgehead atoms. The standard InChI is InChI=1S/C7H13N/c1-6(8-3)7(2)4-5-7/h4-5H2,1-3H3. The number of hydrogen-bond donors (Lipinski definition) is 0. The highest BCUT2D eigenvalue weighted by Crippen LogP contribution is 2.46. The first-order valence-electron chi connectivity index (χ1n) is 3.13. The normalized spacial score (nSPS) is 25.6. The van der Waals surface area contributed by atoms with Gasteiger partial charge in [0.15, 0.2) is 0 Å². The molecule has 1 rings (SSSR count). The molecule has 46 valence electrons. The van der Waals surface area contributed by atoms with E-state index < -0.39 is 0 Å². The van der Waals surface area contributed by atoms with Crippen LogP contribution in [0.2, 0.25) is 0 Å². The van der Waals surface area contributed by atoms with Gasteiger partial charge in [-0.05, 0) is 19.8 Å². The molecule has 0 aromatic carbocycles. The third-order valence-corrected chi connectivity index (χ3v) is 2.21. The molecule has 0 unspecified atom stereocenters. The lowest BCUT2D eigenvalue weighted by Crippen LogP contribution is -2.05. The summed E-state index contributed by atoms with van der Waals surface area (Å²) in [5.41, 5.74) is 1.83. The summed E-state index contributed by atoms with van der Waals surface area (Å²) in [6, 6.07) is 0. The second kappa shape index (κ2) is 1.57. The molecule has 0 spiro atoms.